The number of rotatable bonds is 6. The SMILES string of the molecule is CC(CN(C)C)NS(=O)(=O)c1c[nH]c(CN)c1. The maximum atomic E-state index is 12.0. The number of likely N-dealkylation sites (N-methyl/N-ethyl adjacent to an activating group) is 1. The van der Waals surface area contributed by atoms with E-state index in [2.05, 4.69) is 9.71 Å². The van der Waals surface area contributed by atoms with Gasteiger partial charge in [-0.1, -0.05) is 0 Å². The Bertz CT molecular complexity index is 453. The molecule has 1 rings (SSSR count). The zero-order valence-electron chi connectivity index (χ0n) is 10.4. The lowest BCUT2D eigenvalue weighted by molar-refractivity contribution is 0.370. The normalized spacial score (nSPS) is 14.2. The predicted octanol–water partition coefficient (Wildman–Crippen LogP) is -0.298. The molecule has 98 valence electrons. The number of aromatic amines is 1. The smallest absolute Gasteiger partial charge is 0.242 e. The van der Waals surface area contributed by atoms with Gasteiger partial charge in [-0.05, 0) is 27.1 Å². The highest BCUT2D eigenvalue weighted by atomic mass is 32.2. The van der Waals surface area contributed by atoms with Crippen LogP contribution in [0.1, 0.15) is 12.6 Å². The summed E-state index contributed by atoms with van der Waals surface area (Å²) < 4.78 is 26.5. The molecule has 0 radical (unpaired) electrons. The molecule has 0 spiro atoms. The molecule has 7 heteroatoms. The molecule has 0 amide bonds. The third kappa shape index (κ3) is 4.12. The van der Waals surface area contributed by atoms with Crippen molar-refractivity contribution in [3.8, 4) is 0 Å². The molecule has 6 nitrogen and oxygen atoms in total. The monoisotopic (exact) mass is 260 g/mol. The van der Waals surface area contributed by atoms with Crippen LogP contribution in [0.5, 0.6) is 0 Å². The number of hydrogen-bond donors (Lipinski definition) is 3. The molecule has 0 bridgehead atoms. The van der Waals surface area contributed by atoms with Crippen molar-refractivity contribution in [1.82, 2.24) is 14.6 Å². The van der Waals surface area contributed by atoms with E-state index in [4.69, 9.17) is 5.73 Å². The molecule has 1 atom stereocenters. The van der Waals surface area contributed by atoms with Crippen molar-refractivity contribution < 1.29 is 8.42 Å². The summed E-state index contributed by atoms with van der Waals surface area (Å²) in [5, 5.41) is 0. The van der Waals surface area contributed by atoms with Crippen LogP contribution in [0.15, 0.2) is 17.2 Å². The minimum atomic E-state index is -3.46. The topological polar surface area (TPSA) is 91.2 Å². The summed E-state index contributed by atoms with van der Waals surface area (Å²) in [5.41, 5.74) is 6.12. The van der Waals surface area contributed by atoms with Crippen LogP contribution in [0.3, 0.4) is 0 Å². The van der Waals surface area contributed by atoms with Crippen molar-refractivity contribution in [2.45, 2.75) is 24.4 Å². The maximum absolute atomic E-state index is 12.0. The number of sulfonamides is 1. The highest BCUT2D eigenvalue weighted by Gasteiger charge is 2.18. The Morgan fingerprint density at radius 1 is 1.53 bits per heavy atom. The van der Waals surface area contributed by atoms with Crippen molar-refractivity contribution >= 4 is 10.0 Å². The fraction of sp³-hybridized carbons (Fsp3) is 0.600. The highest BCUT2D eigenvalue weighted by Crippen LogP contribution is 2.10. The van der Waals surface area contributed by atoms with Crippen LogP contribution in [0.2, 0.25) is 0 Å². The molecular weight excluding hydrogens is 240 g/mol. The van der Waals surface area contributed by atoms with Gasteiger partial charge in [0.1, 0.15) is 0 Å². The highest BCUT2D eigenvalue weighted by molar-refractivity contribution is 7.89. The molecule has 0 aliphatic carbocycles. The molecular formula is C10H20N4O2S. The Labute approximate surface area is 102 Å². The van der Waals surface area contributed by atoms with Crippen LogP contribution >= 0.6 is 0 Å². The molecule has 1 heterocycles. The van der Waals surface area contributed by atoms with Gasteiger partial charge >= 0.3 is 0 Å². The van der Waals surface area contributed by atoms with Crippen LogP contribution < -0.4 is 10.5 Å². The van der Waals surface area contributed by atoms with E-state index in [-0.39, 0.29) is 10.9 Å². The van der Waals surface area contributed by atoms with E-state index in [1.807, 2.05) is 25.9 Å². The molecule has 0 saturated heterocycles. The van der Waals surface area contributed by atoms with Crippen molar-refractivity contribution in [1.29, 1.82) is 0 Å². The van der Waals surface area contributed by atoms with Crippen LogP contribution in [0.4, 0.5) is 0 Å². The van der Waals surface area contributed by atoms with Crippen molar-refractivity contribution in [3.05, 3.63) is 18.0 Å². The van der Waals surface area contributed by atoms with E-state index in [0.717, 1.165) is 0 Å². The quantitative estimate of drug-likeness (QED) is 0.655. The number of aromatic nitrogens is 1. The van der Waals surface area contributed by atoms with Gasteiger partial charge in [0.2, 0.25) is 10.0 Å². The number of nitrogens with two attached hydrogens (primary N) is 1. The van der Waals surface area contributed by atoms with Gasteiger partial charge in [-0.3, -0.25) is 0 Å². The average molecular weight is 260 g/mol. The van der Waals surface area contributed by atoms with Crippen LogP contribution in [-0.2, 0) is 16.6 Å². The van der Waals surface area contributed by atoms with Gasteiger partial charge in [0.15, 0.2) is 0 Å². The molecule has 0 aliphatic rings. The second kappa shape index (κ2) is 5.63. The molecule has 1 unspecified atom stereocenters. The Morgan fingerprint density at radius 2 is 2.18 bits per heavy atom. The van der Waals surface area contributed by atoms with Crippen LogP contribution in [-0.4, -0.2) is 45.0 Å². The lowest BCUT2D eigenvalue weighted by Gasteiger charge is -2.17. The van der Waals surface area contributed by atoms with Crippen molar-refractivity contribution in [2.24, 2.45) is 5.73 Å². The van der Waals surface area contributed by atoms with E-state index in [1.165, 1.54) is 6.20 Å². The second-order valence-corrected chi connectivity index (χ2v) is 6.06. The molecule has 0 saturated carbocycles. The fourth-order valence-electron chi connectivity index (χ4n) is 1.61. The summed E-state index contributed by atoms with van der Waals surface area (Å²) in [7, 11) is 0.335. The first kappa shape index (κ1) is 14.2. The van der Waals surface area contributed by atoms with E-state index in [0.29, 0.717) is 18.8 Å². The number of nitrogens with one attached hydrogen (secondary N) is 2. The van der Waals surface area contributed by atoms with E-state index in [1.54, 1.807) is 6.07 Å². The molecule has 0 aliphatic heterocycles. The van der Waals surface area contributed by atoms with Gasteiger partial charge in [0, 0.05) is 31.0 Å². The van der Waals surface area contributed by atoms with Gasteiger partial charge in [-0.15, -0.1) is 0 Å². The summed E-state index contributed by atoms with van der Waals surface area (Å²) >= 11 is 0. The van der Waals surface area contributed by atoms with Gasteiger partial charge in [0.25, 0.3) is 0 Å². The Hall–Kier alpha value is -0.890. The first-order valence-corrected chi connectivity index (χ1v) is 6.88. The van der Waals surface area contributed by atoms with Crippen molar-refractivity contribution in [2.75, 3.05) is 20.6 Å². The standard InChI is InChI=1S/C10H20N4O2S/c1-8(7-14(2)3)13-17(15,16)10-4-9(5-11)12-6-10/h4,6,8,12-13H,5,7,11H2,1-3H3. The lowest BCUT2D eigenvalue weighted by atomic mass is 10.3. The lowest BCUT2D eigenvalue weighted by Crippen LogP contribution is -2.39. The zero-order chi connectivity index (χ0) is 13.1. The molecule has 1 aromatic heterocycles. The van der Waals surface area contributed by atoms with E-state index < -0.39 is 10.0 Å². The first-order valence-electron chi connectivity index (χ1n) is 5.39. The first-order chi connectivity index (χ1) is 7.85. The van der Waals surface area contributed by atoms with Crippen LogP contribution in [0.25, 0.3) is 0 Å². The van der Waals surface area contributed by atoms with E-state index >= 15 is 0 Å². The fourth-order valence-corrected chi connectivity index (χ4v) is 2.86. The largest absolute Gasteiger partial charge is 0.363 e. The summed E-state index contributed by atoms with van der Waals surface area (Å²) in [6.45, 7) is 2.77. The Kier molecular flexibility index (Phi) is 4.70. The van der Waals surface area contributed by atoms with Crippen molar-refractivity contribution in [3.63, 3.8) is 0 Å². The number of hydrogen-bond acceptors (Lipinski definition) is 4. The Morgan fingerprint density at radius 3 is 2.65 bits per heavy atom. The van der Waals surface area contributed by atoms with Gasteiger partial charge in [-0.2, -0.15) is 0 Å². The second-order valence-electron chi connectivity index (χ2n) is 4.35. The molecule has 0 aromatic carbocycles. The zero-order valence-corrected chi connectivity index (χ0v) is 11.2. The average Bonchev–Trinajstić information content (AvgIpc) is 2.63. The van der Waals surface area contributed by atoms with E-state index in [9.17, 15) is 8.42 Å². The molecule has 0 fully saturated rings. The minimum absolute atomic E-state index is 0.147. The molecule has 1 aromatic rings. The maximum Gasteiger partial charge on any atom is 0.242 e. The predicted molar refractivity (Wildman–Crippen MR) is 67.0 cm³/mol. The number of nitrogens with zero attached hydrogens (tertiary/aromatic N) is 1. The molecule has 17 heavy (non-hydrogen) atoms. The summed E-state index contributed by atoms with van der Waals surface area (Å²) in [5.74, 6) is 0. The van der Waals surface area contributed by atoms with Gasteiger partial charge < -0.3 is 15.6 Å². The Balaban J connectivity index is 2.74. The summed E-state index contributed by atoms with van der Waals surface area (Å²) in [6.07, 6.45) is 1.45. The third-order valence-corrected chi connectivity index (χ3v) is 3.81. The third-order valence-electron chi connectivity index (χ3n) is 2.24. The minimum Gasteiger partial charge on any atom is -0.363 e. The molecule has 4 N–H and O–H groups in total. The number of H-pyrrole nitrogens is 1. The summed E-state index contributed by atoms with van der Waals surface area (Å²) in [6, 6.07) is 1.40. The summed E-state index contributed by atoms with van der Waals surface area (Å²) in [4.78, 5) is 4.97. The van der Waals surface area contributed by atoms with Crippen LogP contribution in [0, 0.1) is 0 Å². The van der Waals surface area contributed by atoms with Gasteiger partial charge in [0.05, 0.1) is 4.90 Å². The van der Waals surface area contributed by atoms with Gasteiger partial charge in [-0.25, -0.2) is 13.1 Å².